The molecule has 1 saturated heterocycles. The predicted molar refractivity (Wildman–Crippen MR) is 101 cm³/mol. The van der Waals surface area contributed by atoms with Gasteiger partial charge >= 0.3 is 5.82 Å². The van der Waals surface area contributed by atoms with Crippen molar-refractivity contribution in [3.63, 3.8) is 0 Å². The first-order valence-corrected chi connectivity index (χ1v) is 10.4. The summed E-state index contributed by atoms with van der Waals surface area (Å²) in [7, 11) is 0. The monoisotopic (exact) mass is 387 g/mol. The Bertz CT molecular complexity index is 991. The summed E-state index contributed by atoms with van der Waals surface area (Å²) < 4.78 is 3.87. The van der Waals surface area contributed by atoms with E-state index in [2.05, 4.69) is 24.6 Å². The quantitative estimate of drug-likeness (QED) is 0.506. The van der Waals surface area contributed by atoms with Crippen LogP contribution in [0.1, 0.15) is 49.7 Å². The van der Waals surface area contributed by atoms with Crippen LogP contribution in [0.25, 0.3) is 4.96 Å². The minimum Gasteiger partial charge on any atom is -0.358 e. The standard InChI is InChI=1S/C17H21N7O2S/c25-24(26)16-15(18-17-23(16)9-10-27-17)21-7-4-5-12(11-21)14-20-19-13-6-2-1-3-8-22(13)14/h9-10,12H,1-8,11H2. The maximum atomic E-state index is 11.7. The normalized spacial score (nSPS) is 20.6. The molecule has 3 aromatic heterocycles. The van der Waals surface area contributed by atoms with E-state index in [1.54, 1.807) is 10.6 Å². The van der Waals surface area contributed by atoms with Crippen LogP contribution in [-0.2, 0) is 13.0 Å². The Morgan fingerprint density at radius 3 is 3.00 bits per heavy atom. The molecule has 0 N–H and O–H groups in total. The number of piperidine rings is 1. The molecule has 2 aliphatic rings. The van der Waals surface area contributed by atoms with Crippen LogP contribution >= 0.6 is 11.3 Å². The maximum absolute atomic E-state index is 11.7. The van der Waals surface area contributed by atoms with Crippen LogP contribution in [0.5, 0.6) is 0 Å². The number of hydrogen-bond donors (Lipinski definition) is 0. The summed E-state index contributed by atoms with van der Waals surface area (Å²) in [6.07, 6.45) is 8.28. The van der Waals surface area contributed by atoms with Crippen molar-refractivity contribution in [2.45, 2.75) is 51.0 Å². The van der Waals surface area contributed by atoms with E-state index in [4.69, 9.17) is 0 Å². The molecule has 3 aromatic rings. The second-order valence-electron chi connectivity index (χ2n) is 7.29. The van der Waals surface area contributed by atoms with Crippen molar-refractivity contribution in [1.82, 2.24) is 24.1 Å². The first kappa shape index (κ1) is 16.7. The number of fused-ring (bicyclic) bond motifs is 2. The first-order chi connectivity index (χ1) is 13.2. The number of thiazole rings is 1. The summed E-state index contributed by atoms with van der Waals surface area (Å²) in [5, 5.41) is 22.4. The molecule has 0 saturated carbocycles. The lowest BCUT2D eigenvalue weighted by molar-refractivity contribution is -0.389. The largest absolute Gasteiger partial charge is 0.373 e. The molecule has 0 amide bonds. The number of imidazole rings is 1. The van der Waals surface area contributed by atoms with E-state index in [0.717, 1.165) is 50.4 Å². The molecule has 0 bridgehead atoms. The molecule has 10 heteroatoms. The number of nitrogens with zero attached hydrogens (tertiary/aromatic N) is 7. The van der Waals surface area contributed by atoms with E-state index in [9.17, 15) is 10.1 Å². The zero-order valence-corrected chi connectivity index (χ0v) is 15.8. The van der Waals surface area contributed by atoms with Crippen molar-refractivity contribution in [3.05, 3.63) is 33.3 Å². The van der Waals surface area contributed by atoms with Crippen molar-refractivity contribution < 1.29 is 4.92 Å². The highest BCUT2D eigenvalue weighted by Crippen LogP contribution is 2.36. The van der Waals surface area contributed by atoms with Crippen LogP contribution < -0.4 is 4.90 Å². The first-order valence-electron chi connectivity index (χ1n) is 9.49. The van der Waals surface area contributed by atoms with E-state index in [-0.39, 0.29) is 16.7 Å². The Balaban J connectivity index is 1.47. The molecule has 9 nitrogen and oxygen atoms in total. The molecule has 2 aliphatic heterocycles. The highest BCUT2D eigenvalue weighted by molar-refractivity contribution is 7.15. The molecular formula is C17H21N7O2S. The molecule has 0 aliphatic carbocycles. The summed E-state index contributed by atoms with van der Waals surface area (Å²) in [5.74, 6) is 2.91. The minimum atomic E-state index is -0.325. The van der Waals surface area contributed by atoms with Gasteiger partial charge in [-0.2, -0.15) is 9.38 Å². The fraction of sp³-hybridized carbons (Fsp3) is 0.588. The summed E-state index contributed by atoms with van der Waals surface area (Å²) in [6.45, 7) is 2.46. The molecule has 5 rings (SSSR count). The van der Waals surface area contributed by atoms with E-state index < -0.39 is 0 Å². The lowest BCUT2D eigenvalue weighted by Gasteiger charge is -2.32. The van der Waals surface area contributed by atoms with Crippen LogP contribution in [-0.4, -0.2) is 42.2 Å². The zero-order chi connectivity index (χ0) is 18.4. The zero-order valence-electron chi connectivity index (χ0n) is 15.0. The van der Waals surface area contributed by atoms with Gasteiger partial charge in [0.15, 0.2) is 0 Å². The third-order valence-corrected chi connectivity index (χ3v) is 6.37. The number of anilines is 1. The van der Waals surface area contributed by atoms with Crippen molar-refractivity contribution >= 4 is 27.9 Å². The minimum absolute atomic E-state index is 0.0620. The van der Waals surface area contributed by atoms with Gasteiger partial charge < -0.3 is 19.6 Å². The van der Waals surface area contributed by atoms with Gasteiger partial charge in [-0.05, 0) is 30.6 Å². The third-order valence-electron chi connectivity index (χ3n) is 5.62. The molecule has 27 heavy (non-hydrogen) atoms. The smallest absolute Gasteiger partial charge is 0.358 e. The van der Waals surface area contributed by atoms with Gasteiger partial charge in [0.25, 0.3) is 4.96 Å². The number of aromatic nitrogens is 5. The Labute approximate surface area is 159 Å². The molecule has 1 unspecified atom stereocenters. The SMILES string of the molecule is O=[N+]([O-])c1c(N2CCCC(c3nnc4n3CCCCC4)C2)nc2sccn12. The number of aryl methyl sites for hydroxylation is 1. The van der Waals surface area contributed by atoms with Crippen molar-refractivity contribution in [2.75, 3.05) is 18.0 Å². The Morgan fingerprint density at radius 1 is 1.19 bits per heavy atom. The maximum Gasteiger partial charge on any atom is 0.373 e. The van der Waals surface area contributed by atoms with Crippen LogP contribution in [0.4, 0.5) is 11.6 Å². The lowest BCUT2D eigenvalue weighted by Crippen LogP contribution is -2.36. The summed E-state index contributed by atoms with van der Waals surface area (Å²) in [6, 6.07) is 0. The van der Waals surface area contributed by atoms with Gasteiger partial charge in [-0.15, -0.1) is 10.2 Å². The van der Waals surface area contributed by atoms with Gasteiger partial charge in [0, 0.05) is 37.4 Å². The van der Waals surface area contributed by atoms with E-state index in [1.807, 2.05) is 5.38 Å². The highest BCUT2D eigenvalue weighted by Gasteiger charge is 2.33. The summed E-state index contributed by atoms with van der Waals surface area (Å²) in [5.41, 5.74) is 0. The van der Waals surface area contributed by atoms with Gasteiger partial charge in [-0.1, -0.05) is 17.8 Å². The van der Waals surface area contributed by atoms with Gasteiger partial charge in [0.2, 0.25) is 5.82 Å². The van der Waals surface area contributed by atoms with Gasteiger partial charge in [-0.3, -0.25) is 0 Å². The van der Waals surface area contributed by atoms with Crippen LogP contribution in [0.15, 0.2) is 11.6 Å². The number of nitro groups is 1. The fourth-order valence-electron chi connectivity index (χ4n) is 4.33. The Morgan fingerprint density at radius 2 is 2.11 bits per heavy atom. The van der Waals surface area contributed by atoms with E-state index >= 15 is 0 Å². The third kappa shape index (κ3) is 2.78. The molecule has 0 spiro atoms. The predicted octanol–water partition coefficient (Wildman–Crippen LogP) is 3.01. The van der Waals surface area contributed by atoms with Gasteiger partial charge in [0.1, 0.15) is 17.8 Å². The highest BCUT2D eigenvalue weighted by atomic mass is 32.1. The second kappa shape index (κ2) is 6.59. The van der Waals surface area contributed by atoms with Gasteiger partial charge in [0.05, 0.1) is 0 Å². The summed E-state index contributed by atoms with van der Waals surface area (Å²) >= 11 is 1.42. The van der Waals surface area contributed by atoms with Crippen molar-refractivity contribution in [3.8, 4) is 0 Å². The van der Waals surface area contributed by atoms with Crippen molar-refractivity contribution in [2.24, 2.45) is 0 Å². The molecule has 5 heterocycles. The topological polar surface area (TPSA) is 94.4 Å². The molecule has 0 aromatic carbocycles. The van der Waals surface area contributed by atoms with Crippen LogP contribution in [0, 0.1) is 10.1 Å². The van der Waals surface area contributed by atoms with Crippen LogP contribution in [0.3, 0.4) is 0 Å². The van der Waals surface area contributed by atoms with Gasteiger partial charge in [-0.25, -0.2) is 0 Å². The second-order valence-corrected chi connectivity index (χ2v) is 8.17. The van der Waals surface area contributed by atoms with Crippen LogP contribution in [0.2, 0.25) is 0 Å². The summed E-state index contributed by atoms with van der Waals surface area (Å²) in [4.78, 5) is 18.6. The van der Waals surface area contributed by atoms with Crippen molar-refractivity contribution in [1.29, 1.82) is 0 Å². The average Bonchev–Trinajstić information content (AvgIpc) is 3.32. The molecule has 0 radical (unpaired) electrons. The number of rotatable bonds is 3. The number of hydrogen-bond acceptors (Lipinski definition) is 7. The fourth-order valence-corrected chi connectivity index (χ4v) is 5.04. The van der Waals surface area contributed by atoms with E-state index in [1.165, 1.54) is 24.2 Å². The van der Waals surface area contributed by atoms with E-state index in [0.29, 0.717) is 17.3 Å². The Hall–Kier alpha value is -2.49. The molecule has 1 atom stereocenters. The lowest BCUT2D eigenvalue weighted by atomic mass is 9.97. The molecule has 1 fully saturated rings. The molecular weight excluding hydrogens is 366 g/mol. The average molecular weight is 387 g/mol. The molecule has 142 valence electrons. The Kier molecular flexibility index (Phi) is 4.07.